The Kier molecular flexibility index (Phi) is 3.33. The van der Waals surface area contributed by atoms with Crippen LogP contribution in [0.5, 0.6) is 0 Å². The monoisotopic (exact) mass is 228 g/mol. The highest BCUT2D eigenvalue weighted by Crippen LogP contribution is 2.29. The molecule has 1 aliphatic carbocycles. The maximum atomic E-state index is 13.5. The first kappa shape index (κ1) is 11.3. The first-order valence-electron chi connectivity index (χ1n) is 5.41. The molecule has 0 amide bonds. The third kappa shape index (κ3) is 2.14. The first-order valence-corrected chi connectivity index (χ1v) is 5.41. The largest absolute Gasteiger partial charge is 0.395 e. The zero-order valence-electron chi connectivity index (χ0n) is 8.87. The Morgan fingerprint density at radius 1 is 1.44 bits per heavy atom. The molecule has 0 saturated heterocycles. The van der Waals surface area contributed by atoms with Crippen LogP contribution in [0.15, 0.2) is 12.3 Å². The van der Waals surface area contributed by atoms with Crippen LogP contribution in [0.3, 0.4) is 0 Å². The molecule has 88 valence electrons. The highest BCUT2D eigenvalue weighted by molar-refractivity contribution is 5.41. The Hall–Kier alpha value is -1.23. The van der Waals surface area contributed by atoms with Crippen LogP contribution in [0.1, 0.15) is 19.3 Å². The van der Waals surface area contributed by atoms with Gasteiger partial charge in [-0.25, -0.2) is 13.8 Å². The van der Waals surface area contributed by atoms with Crippen LogP contribution in [0.2, 0.25) is 0 Å². The average Bonchev–Trinajstić information content (AvgIpc) is 2.14. The van der Waals surface area contributed by atoms with Crippen LogP contribution in [0.4, 0.5) is 14.6 Å². The zero-order valence-corrected chi connectivity index (χ0v) is 8.87. The Labute approximate surface area is 92.7 Å². The minimum atomic E-state index is -0.682. The highest BCUT2D eigenvalue weighted by atomic mass is 19.1. The van der Waals surface area contributed by atoms with Crippen molar-refractivity contribution in [2.75, 3.05) is 18.1 Å². The smallest absolute Gasteiger partial charge is 0.168 e. The lowest BCUT2D eigenvalue weighted by molar-refractivity contribution is 0.282. The van der Waals surface area contributed by atoms with E-state index in [1.807, 2.05) is 0 Å². The predicted octanol–water partition coefficient (Wildman–Crippen LogP) is 1.71. The molecule has 0 atom stereocenters. The van der Waals surface area contributed by atoms with E-state index in [4.69, 9.17) is 5.11 Å². The van der Waals surface area contributed by atoms with Crippen LogP contribution < -0.4 is 4.90 Å². The standard InChI is InChI=1S/C11H14F2N2O/c12-8-6-10(13)11(14-7-8)15(4-5-16)9-2-1-3-9/h6-7,9,16H,1-5H2. The maximum absolute atomic E-state index is 13.5. The molecule has 1 N–H and O–H groups in total. The summed E-state index contributed by atoms with van der Waals surface area (Å²) in [5.41, 5.74) is 0. The van der Waals surface area contributed by atoms with E-state index in [-0.39, 0.29) is 18.5 Å². The summed E-state index contributed by atoms with van der Waals surface area (Å²) in [5, 5.41) is 8.95. The van der Waals surface area contributed by atoms with Crippen molar-refractivity contribution in [1.29, 1.82) is 0 Å². The maximum Gasteiger partial charge on any atom is 0.168 e. The van der Waals surface area contributed by atoms with E-state index < -0.39 is 11.6 Å². The molecular formula is C11H14F2N2O. The molecule has 1 saturated carbocycles. The molecule has 1 aliphatic rings. The Morgan fingerprint density at radius 3 is 2.69 bits per heavy atom. The second-order valence-corrected chi connectivity index (χ2v) is 3.96. The molecule has 0 spiro atoms. The van der Waals surface area contributed by atoms with Gasteiger partial charge in [-0.05, 0) is 19.3 Å². The van der Waals surface area contributed by atoms with Crippen molar-refractivity contribution < 1.29 is 13.9 Å². The lowest BCUT2D eigenvalue weighted by atomic mass is 9.91. The summed E-state index contributed by atoms with van der Waals surface area (Å²) in [7, 11) is 0. The lowest BCUT2D eigenvalue weighted by Gasteiger charge is -2.38. The summed E-state index contributed by atoms with van der Waals surface area (Å²) in [4.78, 5) is 5.48. The highest BCUT2D eigenvalue weighted by Gasteiger charge is 2.27. The van der Waals surface area contributed by atoms with Gasteiger partial charge in [0, 0.05) is 18.7 Å². The molecule has 0 bridgehead atoms. The number of rotatable bonds is 4. The lowest BCUT2D eigenvalue weighted by Crippen LogP contribution is -2.42. The number of hydrogen-bond acceptors (Lipinski definition) is 3. The minimum Gasteiger partial charge on any atom is -0.395 e. The molecule has 5 heteroatoms. The number of halogens is 2. The summed E-state index contributed by atoms with van der Waals surface area (Å²) >= 11 is 0. The van der Waals surface area contributed by atoms with Gasteiger partial charge in [0.05, 0.1) is 12.8 Å². The molecule has 0 aromatic carbocycles. The molecule has 3 nitrogen and oxygen atoms in total. The number of hydrogen-bond donors (Lipinski definition) is 1. The number of pyridine rings is 1. The van der Waals surface area contributed by atoms with Crippen molar-refractivity contribution in [3.8, 4) is 0 Å². The van der Waals surface area contributed by atoms with Gasteiger partial charge in [-0.3, -0.25) is 0 Å². The summed E-state index contributed by atoms with van der Waals surface area (Å²) in [6, 6.07) is 1.05. The van der Waals surface area contributed by atoms with Gasteiger partial charge >= 0.3 is 0 Å². The van der Waals surface area contributed by atoms with Gasteiger partial charge in [0.15, 0.2) is 11.6 Å². The zero-order chi connectivity index (χ0) is 11.5. The SMILES string of the molecule is OCCN(c1ncc(F)cc1F)C1CCC1. The van der Waals surface area contributed by atoms with Gasteiger partial charge in [0.2, 0.25) is 0 Å². The van der Waals surface area contributed by atoms with Gasteiger partial charge in [-0.1, -0.05) is 0 Å². The Morgan fingerprint density at radius 2 is 2.19 bits per heavy atom. The van der Waals surface area contributed by atoms with Gasteiger partial charge in [-0.15, -0.1) is 0 Å². The molecule has 2 rings (SSSR count). The number of anilines is 1. The van der Waals surface area contributed by atoms with E-state index in [1.165, 1.54) is 0 Å². The van der Waals surface area contributed by atoms with Crippen molar-refractivity contribution >= 4 is 5.82 Å². The second-order valence-electron chi connectivity index (χ2n) is 3.96. The van der Waals surface area contributed by atoms with E-state index in [0.29, 0.717) is 6.54 Å². The van der Waals surface area contributed by atoms with E-state index in [9.17, 15) is 8.78 Å². The van der Waals surface area contributed by atoms with Crippen molar-refractivity contribution in [2.45, 2.75) is 25.3 Å². The molecule has 16 heavy (non-hydrogen) atoms. The van der Waals surface area contributed by atoms with Crippen molar-refractivity contribution in [3.63, 3.8) is 0 Å². The van der Waals surface area contributed by atoms with Crippen LogP contribution in [-0.2, 0) is 0 Å². The average molecular weight is 228 g/mol. The fourth-order valence-electron chi connectivity index (χ4n) is 1.89. The quantitative estimate of drug-likeness (QED) is 0.852. The van der Waals surface area contributed by atoms with Crippen molar-refractivity contribution in [2.24, 2.45) is 0 Å². The van der Waals surface area contributed by atoms with E-state index in [2.05, 4.69) is 4.98 Å². The molecule has 0 aliphatic heterocycles. The first-order chi connectivity index (χ1) is 7.72. The van der Waals surface area contributed by atoms with Gasteiger partial charge in [0.25, 0.3) is 0 Å². The fraction of sp³-hybridized carbons (Fsp3) is 0.545. The number of aliphatic hydroxyl groups is 1. The topological polar surface area (TPSA) is 36.4 Å². The Bertz CT molecular complexity index is 369. The predicted molar refractivity (Wildman–Crippen MR) is 56.2 cm³/mol. The summed E-state index contributed by atoms with van der Waals surface area (Å²) in [5.74, 6) is -1.21. The molecule has 1 aromatic heterocycles. The van der Waals surface area contributed by atoms with E-state index in [0.717, 1.165) is 31.5 Å². The Balaban J connectivity index is 2.23. The van der Waals surface area contributed by atoms with E-state index in [1.54, 1.807) is 4.90 Å². The summed E-state index contributed by atoms with van der Waals surface area (Å²) in [6.45, 7) is 0.273. The normalized spacial score (nSPS) is 15.9. The van der Waals surface area contributed by atoms with Crippen LogP contribution in [0.25, 0.3) is 0 Å². The summed E-state index contributed by atoms with van der Waals surface area (Å²) < 4.78 is 26.2. The minimum absolute atomic E-state index is 0.0605. The van der Waals surface area contributed by atoms with Crippen LogP contribution in [-0.4, -0.2) is 29.3 Å². The van der Waals surface area contributed by atoms with E-state index >= 15 is 0 Å². The molecular weight excluding hydrogens is 214 g/mol. The third-order valence-corrected chi connectivity index (χ3v) is 2.92. The van der Waals surface area contributed by atoms with Crippen molar-refractivity contribution in [3.05, 3.63) is 23.9 Å². The molecule has 0 radical (unpaired) electrons. The molecule has 1 fully saturated rings. The number of aromatic nitrogens is 1. The van der Waals surface area contributed by atoms with Crippen LogP contribution in [0, 0.1) is 11.6 Å². The fourth-order valence-corrected chi connectivity index (χ4v) is 1.89. The van der Waals surface area contributed by atoms with Gasteiger partial charge in [-0.2, -0.15) is 0 Å². The number of nitrogens with zero attached hydrogens (tertiary/aromatic N) is 2. The third-order valence-electron chi connectivity index (χ3n) is 2.92. The van der Waals surface area contributed by atoms with Gasteiger partial charge < -0.3 is 10.0 Å². The molecule has 0 unspecified atom stereocenters. The molecule has 1 aromatic rings. The number of aliphatic hydroxyl groups excluding tert-OH is 1. The van der Waals surface area contributed by atoms with Crippen molar-refractivity contribution in [1.82, 2.24) is 4.98 Å². The van der Waals surface area contributed by atoms with Gasteiger partial charge in [0.1, 0.15) is 5.82 Å². The summed E-state index contributed by atoms with van der Waals surface area (Å²) in [6.07, 6.45) is 4.05. The van der Waals surface area contributed by atoms with Crippen LogP contribution >= 0.6 is 0 Å². The molecule has 1 heterocycles. The second kappa shape index (κ2) is 4.74.